The van der Waals surface area contributed by atoms with Crippen LogP contribution in [0.15, 0.2) is 47.1 Å². The van der Waals surface area contributed by atoms with Crippen molar-refractivity contribution < 1.29 is 13.9 Å². The Morgan fingerprint density at radius 2 is 2.30 bits per heavy atom. The number of hydrogen-bond donors (Lipinski definition) is 1. The van der Waals surface area contributed by atoms with Gasteiger partial charge in [0, 0.05) is 16.7 Å². The van der Waals surface area contributed by atoms with E-state index >= 15 is 0 Å². The van der Waals surface area contributed by atoms with Crippen molar-refractivity contribution in [3.63, 3.8) is 0 Å². The maximum Gasteiger partial charge on any atom is 0.244 e. The highest BCUT2D eigenvalue weighted by molar-refractivity contribution is 6.30. The Kier molecular flexibility index (Phi) is 4.85. The molecule has 1 N–H and O–H groups in total. The first-order valence-electron chi connectivity index (χ1n) is 6.01. The standard InChI is InChI=1S/C15H14ClNO3/c1-19-14-6-5-12(16)9-11(14)4-7-15(18)17-10-13-3-2-8-20-13/h2-9H,10H2,1H3,(H,17,18)/b7-4+. The monoisotopic (exact) mass is 291 g/mol. The number of furan rings is 1. The van der Waals surface area contributed by atoms with E-state index in [9.17, 15) is 4.79 Å². The number of carbonyl (C=O) groups is 1. The summed E-state index contributed by atoms with van der Waals surface area (Å²) < 4.78 is 10.3. The molecule has 2 aromatic rings. The third kappa shape index (κ3) is 3.90. The molecule has 0 aliphatic heterocycles. The van der Waals surface area contributed by atoms with Crippen molar-refractivity contribution in [2.45, 2.75) is 6.54 Å². The van der Waals surface area contributed by atoms with Crippen LogP contribution in [0, 0.1) is 0 Å². The van der Waals surface area contributed by atoms with Crippen LogP contribution in [0.25, 0.3) is 6.08 Å². The molecule has 0 atom stereocenters. The van der Waals surface area contributed by atoms with Gasteiger partial charge in [0.05, 0.1) is 19.9 Å². The highest BCUT2D eigenvalue weighted by atomic mass is 35.5. The van der Waals surface area contributed by atoms with Crippen LogP contribution >= 0.6 is 11.6 Å². The summed E-state index contributed by atoms with van der Waals surface area (Å²) in [6, 6.07) is 8.78. The maximum absolute atomic E-state index is 11.7. The molecule has 0 unspecified atom stereocenters. The summed E-state index contributed by atoms with van der Waals surface area (Å²) in [5.74, 6) is 1.14. The van der Waals surface area contributed by atoms with Gasteiger partial charge in [0.25, 0.3) is 0 Å². The Hall–Kier alpha value is -2.20. The van der Waals surface area contributed by atoms with Gasteiger partial charge in [-0.05, 0) is 36.4 Å². The van der Waals surface area contributed by atoms with Crippen LogP contribution < -0.4 is 10.1 Å². The van der Waals surface area contributed by atoms with Crippen molar-refractivity contribution in [2.24, 2.45) is 0 Å². The van der Waals surface area contributed by atoms with E-state index in [0.717, 1.165) is 5.56 Å². The van der Waals surface area contributed by atoms with Gasteiger partial charge in [-0.2, -0.15) is 0 Å². The van der Waals surface area contributed by atoms with Crippen molar-refractivity contribution in [3.05, 3.63) is 59.0 Å². The first-order chi connectivity index (χ1) is 9.69. The van der Waals surface area contributed by atoms with E-state index < -0.39 is 0 Å². The van der Waals surface area contributed by atoms with E-state index in [1.165, 1.54) is 6.08 Å². The van der Waals surface area contributed by atoms with E-state index in [1.807, 2.05) is 0 Å². The molecule has 20 heavy (non-hydrogen) atoms. The van der Waals surface area contributed by atoms with Gasteiger partial charge >= 0.3 is 0 Å². The first-order valence-corrected chi connectivity index (χ1v) is 6.38. The average molecular weight is 292 g/mol. The molecule has 1 aromatic heterocycles. The van der Waals surface area contributed by atoms with Crippen LogP contribution in [-0.2, 0) is 11.3 Å². The van der Waals surface area contributed by atoms with Crippen LogP contribution in [0.3, 0.4) is 0 Å². The summed E-state index contributed by atoms with van der Waals surface area (Å²) in [4.78, 5) is 11.7. The van der Waals surface area contributed by atoms with E-state index in [1.54, 1.807) is 49.8 Å². The van der Waals surface area contributed by atoms with Crippen molar-refractivity contribution >= 4 is 23.6 Å². The molecule has 0 saturated heterocycles. The summed E-state index contributed by atoms with van der Waals surface area (Å²) >= 11 is 5.92. The van der Waals surface area contributed by atoms with Crippen molar-refractivity contribution in [1.82, 2.24) is 5.32 Å². The molecule has 1 heterocycles. The molecule has 2 rings (SSSR count). The number of rotatable bonds is 5. The molecule has 0 spiro atoms. The largest absolute Gasteiger partial charge is 0.496 e. The lowest BCUT2D eigenvalue weighted by Crippen LogP contribution is -2.19. The highest BCUT2D eigenvalue weighted by Crippen LogP contribution is 2.23. The quantitative estimate of drug-likeness (QED) is 0.860. The van der Waals surface area contributed by atoms with Crippen LogP contribution in [0.5, 0.6) is 5.75 Å². The van der Waals surface area contributed by atoms with Gasteiger partial charge in [-0.15, -0.1) is 0 Å². The van der Waals surface area contributed by atoms with E-state index in [4.69, 9.17) is 20.8 Å². The molecular formula is C15H14ClNO3. The van der Waals surface area contributed by atoms with E-state index in [2.05, 4.69) is 5.32 Å². The molecule has 0 fully saturated rings. The summed E-state index contributed by atoms with van der Waals surface area (Å²) in [5.41, 5.74) is 0.744. The maximum atomic E-state index is 11.7. The second-order valence-electron chi connectivity index (χ2n) is 4.02. The van der Waals surface area contributed by atoms with Crippen LogP contribution in [0.2, 0.25) is 5.02 Å². The Balaban J connectivity index is 1.98. The Labute approximate surface area is 122 Å². The fraction of sp³-hybridized carbons (Fsp3) is 0.133. The molecule has 104 valence electrons. The minimum absolute atomic E-state index is 0.219. The molecule has 4 nitrogen and oxygen atoms in total. The zero-order valence-electron chi connectivity index (χ0n) is 10.9. The Morgan fingerprint density at radius 1 is 1.45 bits per heavy atom. The predicted molar refractivity (Wildman–Crippen MR) is 77.6 cm³/mol. The third-order valence-corrected chi connectivity index (χ3v) is 2.86. The molecule has 0 aliphatic carbocycles. The lowest BCUT2D eigenvalue weighted by atomic mass is 10.2. The van der Waals surface area contributed by atoms with Gasteiger partial charge in [0.1, 0.15) is 11.5 Å². The summed E-state index contributed by atoms with van der Waals surface area (Å²) in [5, 5.41) is 3.30. The van der Waals surface area contributed by atoms with Gasteiger partial charge in [-0.25, -0.2) is 0 Å². The molecule has 5 heteroatoms. The van der Waals surface area contributed by atoms with Crippen LogP contribution in [0.4, 0.5) is 0 Å². The van der Waals surface area contributed by atoms with Crippen LogP contribution in [-0.4, -0.2) is 13.0 Å². The normalized spacial score (nSPS) is 10.7. The number of nitrogens with one attached hydrogen (secondary N) is 1. The Bertz CT molecular complexity index is 606. The van der Waals surface area contributed by atoms with Gasteiger partial charge in [-0.1, -0.05) is 11.6 Å². The Morgan fingerprint density at radius 3 is 3.00 bits per heavy atom. The minimum atomic E-state index is -0.219. The van der Waals surface area contributed by atoms with Crippen molar-refractivity contribution in [3.8, 4) is 5.75 Å². The fourth-order valence-corrected chi connectivity index (χ4v) is 1.83. The summed E-state index contributed by atoms with van der Waals surface area (Å²) in [6.07, 6.45) is 4.65. The number of amides is 1. The van der Waals surface area contributed by atoms with Gasteiger partial charge in [-0.3, -0.25) is 4.79 Å². The molecule has 0 aliphatic rings. The number of hydrogen-bond acceptors (Lipinski definition) is 3. The number of benzene rings is 1. The first kappa shape index (κ1) is 14.2. The molecular weight excluding hydrogens is 278 g/mol. The lowest BCUT2D eigenvalue weighted by molar-refractivity contribution is -0.116. The molecule has 0 saturated carbocycles. The number of methoxy groups -OCH3 is 1. The molecule has 1 amide bonds. The molecule has 0 radical (unpaired) electrons. The lowest BCUT2D eigenvalue weighted by Gasteiger charge is -2.04. The van der Waals surface area contributed by atoms with Gasteiger partial charge in [0.2, 0.25) is 5.91 Å². The number of carbonyl (C=O) groups excluding carboxylic acids is 1. The minimum Gasteiger partial charge on any atom is -0.496 e. The fourth-order valence-electron chi connectivity index (χ4n) is 1.65. The summed E-state index contributed by atoms with van der Waals surface area (Å²) in [6.45, 7) is 0.350. The van der Waals surface area contributed by atoms with Gasteiger partial charge in [0.15, 0.2) is 0 Å². The highest BCUT2D eigenvalue weighted by Gasteiger charge is 2.02. The van der Waals surface area contributed by atoms with Crippen molar-refractivity contribution in [2.75, 3.05) is 7.11 Å². The van der Waals surface area contributed by atoms with Crippen molar-refractivity contribution in [1.29, 1.82) is 0 Å². The number of halogens is 1. The topological polar surface area (TPSA) is 51.5 Å². The van der Waals surface area contributed by atoms with E-state index in [0.29, 0.717) is 23.1 Å². The van der Waals surface area contributed by atoms with E-state index in [-0.39, 0.29) is 5.91 Å². The SMILES string of the molecule is COc1ccc(Cl)cc1/C=C/C(=O)NCc1ccco1. The van der Waals surface area contributed by atoms with Gasteiger partial charge < -0.3 is 14.5 Å². The third-order valence-electron chi connectivity index (χ3n) is 2.62. The average Bonchev–Trinajstić information content (AvgIpc) is 2.96. The smallest absolute Gasteiger partial charge is 0.244 e. The zero-order valence-corrected chi connectivity index (χ0v) is 11.7. The number of ether oxygens (including phenoxy) is 1. The molecule has 1 aromatic carbocycles. The predicted octanol–water partition coefficient (Wildman–Crippen LogP) is 3.27. The molecule has 0 bridgehead atoms. The second-order valence-corrected chi connectivity index (χ2v) is 4.45. The zero-order chi connectivity index (χ0) is 14.4. The van der Waals surface area contributed by atoms with Crippen LogP contribution in [0.1, 0.15) is 11.3 Å². The summed E-state index contributed by atoms with van der Waals surface area (Å²) in [7, 11) is 1.57. The second kappa shape index (κ2) is 6.82.